The van der Waals surface area contributed by atoms with Gasteiger partial charge in [-0.1, -0.05) is 41.9 Å². The van der Waals surface area contributed by atoms with E-state index in [2.05, 4.69) is 42.2 Å². The molecule has 0 amide bonds. The summed E-state index contributed by atoms with van der Waals surface area (Å²) in [7, 11) is 0. The molecule has 1 aromatic carbocycles. The molecule has 0 bridgehead atoms. The summed E-state index contributed by atoms with van der Waals surface area (Å²) >= 11 is 7.67. The standard InChI is InChI=1S/C15H19ClN2S/c1-12(14-7-8-15(16)19-14)18(10-9-17)11-13-5-3-2-4-6-13/h2-8,12H,9-11,17H2,1H3. The van der Waals surface area contributed by atoms with Gasteiger partial charge in [-0.15, -0.1) is 11.3 Å². The maximum absolute atomic E-state index is 6.02. The van der Waals surface area contributed by atoms with E-state index < -0.39 is 0 Å². The van der Waals surface area contributed by atoms with E-state index in [4.69, 9.17) is 17.3 Å². The lowest BCUT2D eigenvalue weighted by atomic mass is 10.1. The molecule has 2 rings (SSSR count). The van der Waals surface area contributed by atoms with Crippen molar-refractivity contribution in [1.82, 2.24) is 4.90 Å². The van der Waals surface area contributed by atoms with Crippen LogP contribution in [0.25, 0.3) is 0 Å². The van der Waals surface area contributed by atoms with Gasteiger partial charge in [-0.3, -0.25) is 4.90 Å². The Morgan fingerprint density at radius 2 is 1.95 bits per heavy atom. The molecule has 0 saturated heterocycles. The van der Waals surface area contributed by atoms with Crippen molar-refractivity contribution in [1.29, 1.82) is 0 Å². The number of halogens is 1. The zero-order valence-electron chi connectivity index (χ0n) is 11.1. The van der Waals surface area contributed by atoms with E-state index in [-0.39, 0.29) is 0 Å². The minimum atomic E-state index is 0.334. The van der Waals surface area contributed by atoms with Crippen molar-refractivity contribution in [3.8, 4) is 0 Å². The molecule has 0 aliphatic rings. The van der Waals surface area contributed by atoms with Crippen LogP contribution in [-0.4, -0.2) is 18.0 Å². The number of nitrogens with zero attached hydrogens (tertiary/aromatic N) is 1. The van der Waals surface area contributed by atoms with Crippen LogP contribution in [0.2, 0.25) is 4.34 Å². The van der Waals surface area contributed by atoms with Crippen LogP contribution in [0, 0.1) is 0 Å². The Labute approximate surface area is 123 Å². The Morgan fingerprint density at radius 1 is 1.21 bits per heavy atom. The van der Waals surface area contributed by atoms with Gasteiger partial charge in [0.2, 0.25) is 0 Å². The lowest BCUT2D eigenvalue weighted by molar-refractivity contribution is 0.210. The molecule has 2 nitrogen and oxygen atoms in total. The molecule has 1 unspecified atom stereocenters. The second-order valence-electron chi connectivity index (χ2n) is 4.56. The van der Waals surface area contributed by atoms with Crippen LogP contribution >= 0.6 is 22.9 Å². The maximum Gasteiger partial charge on any atom is 0.0931 e. The normalized spacial score (nSPS) is 12.8. The molecule has 1 heterocycles. The lowest BCUT2D eigenvalue weighted by Gasteiger charge is -2.28. The Kier molecular flexibility index (Phi) is 5.40. The first-order valence-corrected chi connectivity index (χ1v) is 7.63. The van der Waals surface area contributed by atoms with Crippen LogP contribution in [0.5, 0.6) is 0 Å². The molecule has 4 heteroatoms. The highest BCUT2D eigenvalue weighted by Crippen LogP contribution is 2.30. The van der Waals surface area contributed by atoms with Crippen LogP contribution in [0.15, 0.2) is 42.5 Å². The minimum absolute atomic E-state index is 0.334. The molecule has 1 atom stereocenters. The van der Waals surface area contributed by atoms with E-state index >= 15 is 0 Å². The third-order valence-corrected chi connectivity index (χ3v) is 4.60. The Balaban J connectivity index is 2.11. The van der Waals surface area contributed by atoms with Crippen LogP contribution in [-0.2, 0) is 6.54 Å². The molecule has 0 saturated carbocycles. The highest BCUT2D eigenvalue weighted by molar-refractivity contribution is 7.16. The monoisotopic (exact) mass is 294 g/mol. The predicted octanol–water partition coefficient (Wildman–Crippen LogP) is 3.92. The number of rotatable bonds is 6. The van der Waals surface area contributed by atoms with Gasteiger partial charge in [-0.05, 0) is 24.6 Å². The first-order valence-electron chi connectivity index (χ1n) is 6.44. The van der Waals surface area contributed by atoms with Gasteiger partial charge in [-0.2, -0.15) is 0 Å². The summed E-state index contributed by atoms with van der Waals surface area (Å²) in [5, 5.41) is 0. The van der Waals surface area contributed by atoms with Crippen molar-refractivity contribution in [2.45, 2.75) is 19.5 Å². The summed E-state index contributed by atoms with van der Waals surface area (Å²) < 4.78 is 0.842. The van der Waals surface area contributed by atoms with Gasteiger partial charge in [0.15, 0.2) is 0 Å². The van der Waals surface area contributed by atoms with Crippen LogP contribution in [0.3, 0.4) is 0 Å². The first-order chi connectivity index (χ1) is 9.20. The third-order valence-electron chi connectivity index (χ3n) is 3.20. The molecule has 2 N–H and O–H groups in total. The Bertz CT molecular complexity index is 498. The molecule has 19 heavy (non-hydrogen) atoms. The van der Waals surface area contributed by atoms with Gasteiger partial charge in [-0.25, -0.2) is 0 Å². The van der Waals surface area contributed by atoms with Gasteiger partial charge in [0.25, 0.3) is 0 Å². The number of thiophene rings is 1. The second kappa shape index (κ2) is 7.06. The SMILES string of the molecule is CC(c1ccc(Cl)s1)N(CCN)Cc1ccccc1. The zero-order valence-corrected chi connectivity index (χ0v) is 12.6. The minimum Gasteiger partial charge on any atom is -0.329 e. The quantitative estimate of drug-likeness (QED) is 0.875. The second-order valence-corrected chi connectivity index (χ2v) is 6.31. The molecule has 102 valence electrons. The predicted molar refractivity (Wildman–Crippen MR) is 83.7 cm³/mol. The fraction of sp³-hybridized carbons (Fsp3) is 0.333. The van der Waals surface area contributed by atoms with Gasteiger partial charge in [0.05, 0.1) is 4.34 Å². The molecule has 2 aromatic rings. The summed E-state index contributed by atoms with van der Waals surface area (Å²) in [5.74, 6) is 0. The molecular formula is C15H19ClN2S. The molecule has 0 fully saturated rings. The van der Waals surface area contributed by atoms with Crippen molar-refractivity contribution in [3.63, 3.8) is 0 Å². The molecule has 1 aromatic heterocycles. The lowest BCUT2D eigenvalue weighted by Crippen LogP contribution is -2.31. The van der Waals surface area contributed by atoms with Crippen molar-refractivity contribution in [2.75, 3.05) is 13.1 Å². The summed E-state index contributed by atoms with van der Waals surface area (Å²) in [6.07, 6.45) is 0. The average molecular weight is 295 g/mol. The number of hydrogen-bond donors (Lipinski definition) is 1. The molecule has 0 spiro atoms. The van der Waals surface area contributed by atoms with Crippen LogP contribution < -0.4 is 5.73 Å². The molecule has 0 aliphatic carbocycles. The van der Waals surface area contributed by atoms with Crippen molar-refractivity contribution >= 4 is 22.9 Å². The molecular weight excluding hydrogens is 276 g/mol. The van der Waals surface area contributed by atoms with E-state index in [9.17, 15) is 0 Å². The highest BCUT2D eigenvalue weighted by Gasteiger charge is 2.17. The summed E-state index contributed by atoms with van der Waals surface area (Å²) in [5.41, 5.74) is 7.05. The van der Waals surface area contributed by atoms with Crippen molar-refractivity contribution in [3.05, 3.63) is 57.2 Å². The first kappa shape index (κ1) is 14.5. The fourth-order valence-corrected chi connectivity index (χ4v) is 3.27. The number of benzene rings is 1. The largest absolute Gasteiger partial charge is 0.329 e. The van der Waals surface area contributed by atoms with Gasteiger partial charge < -0.3 is 5.73 Å². The fourth-order valence-electron chi connectivity index (χ4n) is 2.13. The number of nitrogens with two attached hydrogens (primary N) is 1. The average Bonchev–Trinajstić information content (AvgIpc) is 2.85. The van der Waals surface area contributed by atoms with E-state index in [0.717, 1.165) is 17.4 Å². The van der Waals surface area contributed by atoms with Crippen molar-refractivity contribution in [2.24, 2.45) is 5.73 Å². The topological polar surface area (TPSA) is 29.3 Å². The van der Waals surface area contributed by atoms with Crippen LogP contribution in [0.1, 0.15) is 23.4 Å². The third kappa shape index (κ3) is 4.05. The smallest absolute Gasteiger partial charge is 0.0931 e. The van der Waals surface area contributed by atoms with Gasteiger partial charge in [0.1, 0.15) is 0 Å². The van der Waals surface area contributed by atoms with E-state index in [1.165, 1.54) is 10.4 Å². The van der Waals surface area contributed by atoms with Crippen LogP contribution in [0.4, 0.5) is 0 Å². The maximum atomic E-state index is 6.02. The summed E-state index contributed by atoms with van der Waals surface area (Å²) in [4.78, 5) is 3.67. The molecule has 0 aliphatic heterocycles. The Morgan fingerprint density at radius 3 is 2.53 bits per heavy atom. The molecule has 0 radical (unpaired) electrons. The zero-order chi connectivity index (χ0) is 13.7. The van der Waals surface area contributed by atoms with Gasteiger partial charge >= 0.3 is 0 Å². The number of hydrogen-bond acceptors (Lipinski definition) is 3. The van der Waals surface area contributed by atoms with E-state index in [1.54, 1.807) is 11.3 Å². The van der Waals surface area contributed by atoms with E-state index in [1.807, 2.05) is 12.1 Å². The van der Waals surface area contributed by atoms with E-state index in [0.29, 0.717) is 12.6 Å². The Hall–Kier alpha value is -0.870. The van der Waals surface area contributed by atoms with Gasteiger partial charge in [0, 0.05) is 30.6 Å². The summed E-state index contributed by atoms with van der Waals surface area (Å²) in [6.45, 7) is 4.66. The highest BCUT2D eigenvalue weighted by atomic mass is 35.5. The summed E-state index contributed by atoms with van der Waals surface area (Å²) in [6, 6.07) is 14.9. The van der Waals surface area contributed by atoms with Crippen molar-refractivity contribution < 1.29 is 0 Å².